The number of hydrogen-bond donors (Lipinski definition) is 1. The van der Waals surface area contributed by atoms with Gasteiger partial charge in [-0.2, -0.15) is 0 Å². The molecule has 6 heteroatoms. The highest BCUT2D eigenvalue weighted by molar-refractivity contribution is 7.89. The van der Waals surface area contributed by atoms with Gasteiger partial charge in [-0.15, -0.1) is 0 Å². The number of pyridine rings is 1. The number of anilines is 1. The summed E-state index contributed by atoms with van der Waals surface area (Å²) < 4.78 is 26.1. The number of rotatable bonds is 6. The summed E-state index contributed by atoms with van der Waals surface area (Å²) in [5.41, 5.74) is 1.61. The van der Waals surface area contributed by atoms with E-state index in [1.54, 1.807) is 30.6 Å². The Kier molecular flexibility index (Phi) is 5.06. The first-order valence-electron chi connectivity index (χ1n) is 7.41. The summed E-state index contributed by atoms with van der Waals surface area (Å²) in [6.45, 7) is 4.83. The lowest BCUT2D eigenvalue weighted by Crippen LogP contribution is -2.29. The van der Waals surface area contributed by atoms with Crippen LogP contribution < -0.4 is 5.32 Å². The Morgan fingerprint density at radius 1 is 1.09 bits per heavy atom. The maximum atomic E-state index is 12.4. The van der Waals surface area contributed by atoms with Gasteiger partial charge in [0.2, 0.25) is 10.0 Å². The molecule has 1 heterocycles. The monoisotopic (exact) mass is 333 g/mol. The standard InChI is InChI=1S/C17H23N3O2S/c1-17(2,14-9-11-18-12-10-14)13-19-15-7-5-6-8-16(15)23(21,22)20(3)4/h5-12,19H,13H2,1-4H3. The molecule has 0 saturated heterocycles. The second-order valence-electron chi connectivity index (χ2n) is 6.26. The first-order chi connectivity index (χ1) is 10.7. The molecule has 1 aromatic heterocycles. The van der Waals surface area contributed by atoms with Gasteiger partial charge in [0, 0.05) is 38.4 Å². The Labute approximate surface area is 138 Å². The lowest BCUT2D eigenvalue weighted by Gasteiger charge is -2.27. The van der Waals surface area contributed by atoms with Crippen LogP contribution in [0.2, 0.25) is 0 Å². The summed E-state index contributed by atoms with van der Waals surface area (Å²) in [4.78, 5) is 4.33. The van der Waals surface area contributed by atoms with Crippen LogP contribution in [0.15, 0.2) is 53.7 Å². The number of nitrogens with one attached hydrogen (secondary N) is 1. The van der Waals surface area contributed by atoms with E-state index < -0.39 is 10.0 Å². The molecule has 0 fully saturated rings. The molecule has 1 aromatic carbocycles. The lowest BCUT2D eigenvalue weighted by molar-refractivity contribution is 0.520. The Bertz CT molecular complexity index is 756. The molecule has 5 nitrogen and oxygen atoms in total. The van der Waals surface area contributed by atoms with Crippen LogP contribution >= 0.6 is 0 Å². The largest absolute Gasteiger partial charge is 0.383 e. The second-order valence-corrected chi connectivity index (χ2v) is 8.38. The molecule has 0 aliphatic heterocycles. The third kappa shape index (κ3) is 3.89. The Hall–Kier alpha value is -1.92. The highest BCUT2D eigenvalue weighted by Crippen LogP contribution is 2.27. The molecule has 0 atom stereocenters. The van der Waals surface area contributed by atoms with Crippen molar-refractivity contribution in [1.29, 1.82) is 0 Å². The summed E-state index contributed by atoms with van der Waals surface area (Å²) >= 11 is 0. The molecular formula is C17H23N3O2S. The van der Waals surface area contributed by atoms with Gasteiger partial charge in [0.1, 0.15) is 4.90 Å². The zero-order valence-electron chi connectivity index (χ0n) is 13.9. The van der Waals surface area contributed by atoms with E-state index in [2.05, 4.69) is 24.1 Å². The van der Waals surface area contributed by atoms with E-state index in [0.29, 0.717) is 12.2 Å². The average Bonchev–Trinajstić information content (AvgIpc) is 2.54. The molecule has 0 amide bonds. The average molecular weight is 333 g/mol. The van der Waals surface area contributed by atoms with Crippen molar-refractivity contribution in [3.05, 3.63) is 54.4 Å². The summed E-state index contributed by atoms with van der Waals surface area (Å²) in [6.07, 6.45) is 3.53. The van der Waals surface area contributed by atoms with Crippen LogP contribution in [0, 0.1) is 0 Å². The molecular weight excluding hydrogens is 310 g/mol. The maximum absolute atomic E-state index is 12.4. The fourth-order valence-corrected chi connectivity index (χ4v) is 3.32. The minimum Gasteiger partial charge on any atom is -0.383 e. The number of benzene rings is 1. The van der Waals surface area contributed by atoms with Crippen molar-refractivity contribution >= 4 is 15.7 Å². The van der Waals surface area contributed by atoms with Gasteiger partial charge in [-0.3, -0.25) is 4.98 Å². The topological polar surface area (TPSA) is 62.3 Å². The third-order valence-corrected chi connectivity index (χ3v) is 5.70. The molecule has 0 saturated carbocycles. The van der Waals surface area contributed by atoms with E-state index >= 15 is 0 Å². The van der Waals surface area contributed by atoms with Crippen LogP contribution in [-0.2, 0) is 15.4 Å². The molecule has 124 valence electrons. The van der Waals surface area contributed by atoms with Crippen LogP contribution in [0.25, 0.3) is 0 Å². The van der Waals surface area contributed by atoms with Crippen molar-refractivity contribution < 1.29 is 8.42 Å². The van der Waals surface area contributed by atoms with E-state index in [1.165, 1.54) is 18.4 Å². The van der Waals surface area contributed by atoms with Gasteiger partial charge < -0.3 is 5.32 Å². The molecule has 2 aromatic rings. The molecule has 0 aliphatic rings. The molecule has 23 heavy (non-hydrogen) atoms. The van der Waals surface area contributed by atoms with E-state index in [0.717, 1.165) is 5.56 Å². The molecule has 0 aliphatic carbocycles. The van der Waals surface area contributed by atoms with Crippen molar-refractivity contribution in [2.75, 3.05) is 26.0 Å². The number of nitrogens with zero attached hydrogens (tertiary/aromatic N) is 2. The minimum atomic E-state index is -3.48. The van der Waals surface area contributed by atoms with Crippen molar-refractivity contribution in [3.63, 3.8) is 0 Å². The predicted octanol–water partition coefficient (Wildman–Crippen LogP) is 2.72. The summed E-state index contributed by atoms with van der Waals surface area (Å²) in [5, 5.41) is 3.29. The van der Waals surface area contributed by atoms with Crippen molar-refractivity contribution in [2.24, 2.45) is 0 Å². The van der Waals surface area contributed by atoms with Crippen molar-refractivity contribution in [3.8, 4) is 0 Å². The Morgan fingerprint density at radius 3 is 2.30 bits per heavy atom. The first-order valence-corrected chi connectivity index (χ1v) is 8.85. The number of para-hydroxylation sites is 1. The van der Waals surface area contributed by atoms with Crippen molar-refractivity contribution in [1.82, 2.24) is 9.29 Å². The molecule has 0 unspecified atom stereocenters. The van der Waals surface area contributed by atoms with E-state index in [9.17, 15) is 8.42 Å². The summed E-state index contributed by atoms with van der Waals surface area (Å²) in [5.74, 6) is 0. The molecule has 0 bridgehead atoms. The van der Waals surface area contributed by atoms with Gasteiger partial charge in [0.05, 0.1) is 5.69 Å². The summed E-state index contributed by atoms with van der Waals surface area (Å²) in [6, 6.07) is 10.9. The number of sulfonamides is 1. The fraction of sp³-hybridized carbons (Fsp3) is 0.353. The van der Waals surface area contributed by atoms with Crippen LogP contribution in [0.5, 0.6) is 0 Å². The van der Waals surface area contributed by atoms with Crippen LogP contribution in [0.1, 0.15) is 19.4 Å². The molecule has 0 radical (unpaired) electrons. The van der Waals surface area contributed by atoms with E-state index in [4.69, 9.17) is 0 Å². The smallest absolute Gasteiger partial charge is 0.244 e. The fourth-order valence-electron chi connectivity index (χ4n) is 2.26. The zero-order valence-corrected chi connectivity index (χ0v) is 14.8. The quantitative estimate of drug-likeness (QED) is 0.883. The van der Waals surface area contributed by atoms with Crippen LogP contribution in [0.4, 0.5) is 5.69 Å². The molecule has 2 rings (SSSR count). The van der Waals surface area contributed by atoms with Crippen LogP contribution in [0.3, 0.4) is 0 Å². The minimum absolute atomic E-state index is 0.155. The maximum Gasteiger partial charge on any atom is 0.244 e. The van der Waals surface area contributed by atoms with Gasteiger partial charge in [0.25, 0.3) is 0 Å². The van der Waals surface area contributed by atoms with E-state index in [1.807, 2.05) is 18.2 Å². The predicted molar refractivity (Wildman–Crippen MR) is 93.1 cm³/mol. The van der Waals surface area contributed by atoms with Crippen molar-refractivity contribution in [2.45, 2.75) is 24.2 Å². The second kappa shape index (κ2) is 6.68. The number of aromatic nitrogens is 1. The highest BCUT2D eigenvalue weighted by Gasteiger charge is 2.24. The SMILES string of the molecule is CN(C)S(=O)(=O)c1ccccc1NCC(C)(C)c1ccncc1. The van der Waals surface area contributed by atoms with Crippen LogP contribution in [-0.4, -0.2) is 38.3 Å². The molecule has 1 N–H and O–H groups in total. The normalized spacial score (nSPS) is 12.4. The van der Waals surface area contributed by atoms with Gasteiger partial charge in [-0.1, -0.05) is 26.0 Å². The van der Waals surface area contributed by atoms with Gasteiger partial charge >= 0.3 is 0 Å². The highest BCUT2D eigenvalue weighted by atomic mass is 32.2. The first kappa shape index (κ1) is 17.4. The molecule has 0 spiro atoms. The Balaban J connectivity index is 2.26. The summed E-state index contributed by atoms with van der Waals surface area (Å²) in [7, 11) is -0.410. The number of hydrogen-bond acceptors (Lipinski definition) is 4. The van der Waals surface area contributed by atoms with Gasteiger partial charge in [-0.25, -0.2) is 12.7 Å². The van der Waals surface area contributed by atoms with Gasteiger partial charge in [-0.05, 0) is 29.8 Å². The Morgan fingerprint density at radius 2 is 1.70 bits per heavy atom. The zero-order chi connectivity index (χ0) is 17.1. The van der Waals surface area contributed by atoms with Gasteiger partial charge in [0.15, 0.2) is 0 Å². The van der Waals surface area contributed by atoms with E-state index in [-0.39, 0.29) is 10.3 Å². The lowest BCUT2D eigenvalue weighted by atomic mass is 9.85. The third-order valence-electron chi connectivity index (χ3n) is 3.83.